The van der Waals surface area contributed by atoms with Gasteiger partial charge in [0.2, 0.25) is 0 Å². The van der Waals surface area contributed by atoms with Crippen molar-refractivity contribution in [2.75, 3.05) is 33.9 Å². The predicted molar refractivity (Wildman–Crippen MR) is 125 cm³/mol. The zero-order valence-electron chi connectivity index (χ0n) is 19.3. The van der Waals surface area contributed by atoms with Gasteiger partial charge in [0, 0.05) is 31.3 Å². The second-order valence-electron chi connectivity index (χ2n) is 8.57. The van der Waals surface area contributed by atoms with Crippen LogP contribution in [0, 0.1) is 23.7 Å². The Balaban J connectivity index is 1.48. The molecule has 1 saturated heterocycles. The molecular formula is C27H27NO6. The Kier molecular flexibility index (Phi) is 6.60. The molecule has 0 bridgehead atoms. The highest BCUT2D eigenvalue weighted by Gasteiger charge is 2.56. The van der Waals surface area contributed by atoms with E-state index < -0.39 is 29.4 Å². The third kappa shape index (κ3) is 3.79. The van der Waals surface area contributed by atoms with E-state index in [0.29, 0.717) is 13.0 Å². The third-order valence-electron chi connectivity index (χ3n) is 6.96. The fraction of sp³-hybridized carbons (Fsp3) is 0.370. The van der Waals surface area contributed by atoms with Crippen LogP contribution >= 0.6 is 0 Å². The molecule has 1 fully saturated rings. The molecule has 1 heterocycles. The first-order valence-electron chi connectivity index (χ1n) is 11.2. The summed E-state index contributed by atoms with van der Waals surface area (Å²) >= 11 is 0. The number of carbonyl (C=O) groups excluding carboxylic acids is 3. The van der Waals surface area contributed by atoms with E-state index >= 15 is 0 Å². The maximum absolute atomic E-state index is 13.0. The normalized spacial score (nSPS) is 16.9. The molecule has 2 aromatic rings. The van der Waals surface area contributed by atoms with Crippen LogP contribution < -0.4 is 0 Å². The maximum Gasteiger partial charge on any atom is 0.409 e. The molecule has 176 valence electrons. The minimum absolute atomic E-state index is 0.0552. The molecular weight excluding hydrogens is 434 g/mol. The van der Waals surface area contributed by atoms with Gasteiger partial charge < -0.3 is 19.1 Å². The first kappa shape index (κ1) is 23.4. The van der Waals surface area contributed by atoms with Gasteiger partial charge in [0.1, 0.15) is 6.61 Å². The number of hydrogen-bond acceptors (Lipinski definition) is 6. The summed E-state index contributed by atoms with van der Waals surface area (Å²) in [6.45, 7) is 0.668. The van der Waals surface area contributed by atoms with Crippen LogP contribution in [0.15, 0.2) is 48.5 Å². The number of fused-ring (bicyclic) bond motifs is 3. The summed E-state index contributed by atoms with van der Waals surface area (Å²) in [5, 5.41) is 0. The van der Waals surface area contributed by atoms with E-state index in [0.717, 1.165) is 22.3 Å². The molecule has 1 aliphatic carbocycles. The van der Waals surface area contributed by atoms with Crippen molar-refractivity contribution < 1.29 is 28.6 Å². The van der Waals surface area contributed by atoms with Gasteiger partial charge in [0.25, 0.3) is 0 Å². The van der Waals surface area contributed by atoms with Crippen molar-refractivity contribution in [1.82, 2.24) is 4.90 Å². The Morgan fingerprint density at radius 2 is 1.56 bits per heavy atom. The van der Waals surface area contributed by atoms with E-state index in [1.165, 1.54) is 19.1 Å². The summed E-state index contributed by atoms with van der Waals surface area (Å²) < 4.78 is 15.6. The van der Waals surface area contributed by atoms with Crippen LogP contribution in [0.5, 0.6) is 0 Å². The van der Waals surface area contributed by atoms with E-state index in [2.05, 4.69) is 30.2 Å². The maximum atomic E-state index is 13.0. The summed E-state index contributed by atoms with van der Waals surface area (Å²) in [7, 11) is 2.41. The quantitative estimate of drug-likeness (QED) is 0.283. The number of methoxy groups -OCH3 is 2. The first-order valence-corrected chi connectivity index (χ1v) is 11.2. The lowest BCUT2D eigenvalue weighted by atomic mass is 9.72. The van der Waals surface area contributed by atoms with Gasteiger partial charge in [0.05, 0.1) is 14.2 Å². The highest BCUT2D eigenvalue weighted by Crippen LogP contribution is 2.45. The number of esters is 2. The summed E-state index contributed by atoms with van der Waals surface area (Å²) in [6.07, 6.45) is 5.22. The van der Waals surface area contributed by atoms with E-state index in [1.807, 2.05) is 24.3 Å². The van der Waals surface area contributed by atoms with Gasteiger partial charge in [-0.05, 0) is 28.7 Å². The zero-order valence-corrected chi connectivity index (χ0v) is 19.3. The Hall–Kier alpha value is -3.79. The number of ether oxygens (including phenoxy) is 3. The monoisotopic (exact) mass is 461 g/mol. The number of amides is 1. The molecule has 0 saturated carbocycles. The second-order valence-corrected chi connectivity index (χ2v) is 8.57. The smallest absolute Gasteiger partial charge is 0.409 e. The SMILES string of the molecule is C#CCC(C(=O)OC)(C(=O)OC)C1CCN(C(=O)OCC2c3ccccc3-c3ccccc32)C1. The van der Waals surface area contributed by atoms with E-state index in [4.69, 9.17) is 20.6 Å². The van der Waals surface area contributed by atoms with Crippen LogP contribution in [-0.4, -0.2) is 56.8 Å². The summed E-state index contributed by atoms with van der Waals surface area (Å²) in [6, 6.07) is 16.2. The standard InChI is InChI=1S/C27H27NO6/c1-4-14-27(24(29)32-2,25(30)33-3)18-13-15-28(16-18)26(31)34-17-23-21-11-7-5-9-19(21)20-10-6-8-12-22(20)23/h1,5-12,18,23H,13-17H2,2-3H3. The Morgan fingerprint density at radius 1 is 1.00 bits per heavy atom. The predicted octanol–water partition coefficient (Wildman–Crippen LogP) is 3.61. The molecule has 0 spiro atoms. The molecule has 1 aliphatic heterocycles. The third-order valence-corrected chi connectivity index (χ3v) is 6.96. The highest BCUT2D eigenvalue weighted by atomic mass is 16.6. The summed E-state index contributed by atoms with van der Waals surface area (Å²) in [5.74, 6) is 0.305. The highest BCUT2D eigenvalue weighted by molar-refractivity contribution is 6.01. The van der Waals surface area contributed by atoms with Crippen molar-refractivity contribution in [3.8, 4) is 23.5 Å². The molecule has 4 rings (SSSR count). The number of hydrogen-bond donors (Lipinski definition) is 0. The zero-order chi connectivity index (χ0) is 24.3. The lowest BCUT2D eigenvalue weighted by Gasteiger charge is -2.32. The number of terminal acetylenes is 1. The van der Waals surface area contributed by atoms with Crippen molar-refractivity contribution in [2.45, 2.75) is 18.8 Å². The van der Waals surface area contributed by atoms with Crippen molar-refractivity contribution in [3.05, 3.63) is 59.7 Å². The lowest BCUT2D eigenvalue weighted by molar-refractivity contribution is -0.173. The summed E-state index contributed by atoms with van der Waals surface area (Å²) in [4.78, 5) is 39.8. The van der Waals surface area contributed by atoms with Gasteiger partial charge >= 0.3 is 18.0 Å². The Labute approximate surface area is 199 Å². The fourth-order valence-electron chi connectivity index (χ4n) is 5.24. The van der Waals surface area contributed by atoms with Crippen molar-refractivity contribution >= 4 is 18.0 Å². The van der Waals surface area contributed by atoms with Gasteiger partial charge in [-0.1, -0.05) is 48.5 Å². The molecule has 2 aromatic carbocycles. The van der Waals surface area contributed by atoms with Crippen LogP contribution in [0.1, 0.15) is 29.9 Å². The average Bonchev–Trinajstić information content (AvgIpc) is 3.49. The molecule has 34 heavy (non-hydrogen) atoms. The molecule has 7 heteroatoms. The summed E-state index contributed by atoms with van der Waals surface area (Å²) in [5.41, 5.74) is 2.89. The molecule has 0 radical (unpaired) electrons. The molecule has 1 unspecified atom stereocenters. The first-order chi connectivity index (χ1) is 16.5. The van der Waals surface area contributed by atoms with E-state index in [9.17, 15) is 14.4 Å². The van der Waals surface area contributed by atoms with Crippen LogP contribution in [0.3, 0.4) is 0 Å². The number of nitrogens with zero attached hydrogens (tertiary/aromatic N) is 1. The molecule has 7 nitrogen and oxygen atoms in total. The van der Waals surface area contributed by atoms with Crippen LogP contribution in [0.25, 0.3) is 11.1 Å². The minimum Gasteiger partial charge on any atom is -0.468 e. The van der Waals surface area contributed by atoms with Gasteiger partial charge in [-0.3, -0.25) is 9.59 Å². The number of likely N-dealkylation sites (tertiary alicyclic amines) is 1. The van der Waals surface area contributed by atoms with Crippen molar-refractivity contribution in [1.29, 1.82) is 0 Å². The Bertz CT molecular complexity index is 1090. The van der Waals surface area contributed by atoms with Crippen molar-refractivity contribution in [3.63, 3.8) is 0 Å². The van der Waals surface area contributed by atoms with Crippen LogP contribution in [0.2, 0.25) is 0 Å². The fourth-order valence-corrected chi connectivity index (χ4v) is 5.24. The number of carbonyl (C=O) groups is 3. The topological polar surface area (TPSA) is 82.1 Å². The van der Waals surface area contributed by atoms with Gasteiger partial charge in [-0.15, -0.1) is 12.3 Å². The van der Waals surface area contributed by atoms with Gasteiger partial charge in [0.15, 0.2) is 5.41 Å². The van der Waals surface area contributed by atoms with Gasteiger partial charge in [-0.25, -0.2) is 4.79 Å². The second kappa shape index (κ2) is 9.60. The average molecular weight is 462 g/mol. The number of benzene rings is 2. The lowest BCUT2D eigenvalue weighted by Crippen LogP contribution is -2.48. The van der Waals surface area contributed by atoms with Crippen LogP contribution in [0.4, 0.5) is 4.79 Å². The number of rotatable bonds is 6. The molecule has 0 aromatic heterocycles. The molecule has 2 aliphatic rings. The van der Waals surface area contributed by atoms with Crippen LogP contribution in [-0.2, 0) is 23.8 Å². The van der Waals surface area contributed by atoms with E-state index in [-0.39, 0.29) is 25.5 Å². The largest absolute Gasteiger partial charge is 0.468 e. The van der Waals surface area contributed by atoms with Gasteiger partial charge in [-0.2, -0.15) is 0 Å². The Morgan fingerprint density at radius 3 is 2.09 bits per heavy atom. The molecule has 1 amide bonds. The van der Waals surface area contributed by atoms with E-state index in [1.54, 1.807) is 0 Å². The molecule has 0 N–H and O–H groups in total. The molecule has 1 atom stereocenters. The minimum atomic E-state index is -1.66. The van der Waals surface area contributed by atoms with Crippen molar-refractivity contribution in [2.24, 2.45) is 11.3 Å².